The second-order valence-electron chi connectivity index (χ2n) is 10.3. The molecule has 0 N–H and O–H groups in total. The van der Waals surface area contributed by atoms with Crippen molar-refractivity contribution in [2.45, 2.75) is 143 Å². The van der Waals surface area contributed by atoms with Gasteiger partial charge < -0.3 is 0 Å². The second-order valence-corrected chi connectivity index (χ2v) is 10.3. The van der Waals surface area contributed by atoms with Gasteiger partial charge in [0.15, 0.2) is 17.9 Å². The highest BCUT2D eigenvalue weighted by Gasteiger charge is 2.45. The van der Waals surface area contributed by atoms with Gasteiger partial charge in [0, 0.05) is 30.4 Å². The van der Waals surface area contributed by atoms with E-state index in [0.717, 1.165) is 0 Å². The van der Waals surface area contributed by atoms with Crippen LogP contribution < -0.4 is 4.57 Å². The molecule has 0 atom stereocenters. The average Bonchev–Trinajstić information content (AvgIpc) is 2.73. The summed E-state index contributed by atoms with van der Waals surface area (Å²) < 4.78 is 2.51. The molecule has 1 nitrogen and oxygen atoms in total. The Balaban J connectivity index is 2.13. The zero-order chi connectivity index (χ0) is 22.1. The lowest BCUT2D eigenvalue weighted by Crippen LogP contribution is -2.62. The molecule has 0 aliphatic rings. The maximum Gasteiger partial charge on any atom is 0.172 e. The molecule has 0 saturated carbocycles. The molecule has 0 aromatic carbocycles. The van der Waals surface area contributed by atoms with Crippen LogP contribution in [-0.4, -0.2) is 0 Å². The van der Waals surface area contributed by atoms with Crippen LogP contribution in [0, 0.1) is 11.8 Å². The topological polar surface area (TPSA) is 3.88 Å². The Morgan fingerprint density at radius 3 is 1.27 bits per heavy atom. The molecule has 0 amide bonds. The van der Waals surface area contributed by atoms with Gasteiger partial charge in [-0.15, -0.1) is 0 Å². The van der Waals surface area contributed by atoms with E-state index in [2.05, 4.69) is 69.8 Å². The van der Waals surface area contributed by atoms with Gasteiger partial charge in [0.1, 0.15) is 0 Å². The third kappa shape index (κ3) is 9.97. The molecular weight excluding hydrogens is 362 g/mol. The second kappa shape index (κ2) is 16.8. The first-order chi connectivity index (χ1) is 14.6. The van der Waals surface area contributed by atoms with Crippen molar-refractivity contribution in [3.63, 3.8) is 0 Å². The summed E-state index contributed by atoms with van der Waals surface area (Å²) in [5, 5.41) is 0. The van der Waals surface area contributed by atoms with E-state index in [4.69, 9.17) is 0 Å². The van der Waals surface area contributed by atoms with Crippen molar-refractivity contribution in [2.75, 3.05) is 0 Å². The fourth-order valence-electron chi connectivity index (χ4n) is 5.43. The summed E-state index contributed by atoms with van der Waals surface area (Å²) in [6, 6.07) is 6.51. The third-order valence-corrected chi connectivity index (χ3v) is 7.38. The van der Waals surface area contributed by atoms with Gasteiger partial charge in [-0.25, -0.2) is 0 Å². The minimum Gasteiger partial charge on any atom is -0.199 e. The first-order valence-electron chi connectivity index (χ1n) is 13.5. The van der Waals surface area contributed by atoms with Crippen LogP contribution in [0.5, 0.6) is 0 Å². The molecule has 1 aromatic rings. The van der Waals surface area contributed by atoms with Crippen molar-refractivity contribution in [1.82, 2.24) is 0 Å². The van der Waals surface area contributed by atoms with Crippen LogP contribution in [0.4, 0.5) is 0 Å². The summed E-state index contributed by atoms with van der Waals surface area (Å²) in [5.41, 5.74) is 0.248. The molecular formula is C29H54N+. The van der Waals surface area contributed by atoms with Crippen LogP contribution in [0.1, 0.15) is 137 Å². The summed E-state index contributed by atoms with van der Waals surface area (Å²) in [6.07, 6.45) is 27.4. The number of nitrogens with zero attached hydrogens (tertiary/aromatic N) is 1. The van der Waals surface area contributed by atoms with E-state index < -0.39 is 0 Å². The monoisotopic (exact) mass is 416 g/mol. The lowest BCUT2D eigenvalue weighted by Gasteiger charge is -2.36. The van der Waals surface area contributed by atoms with Gasteiger partial charge in [-0.2, -0.15) is 4.57 Å². The molecule has 1 heterocycles. The molecule has 1 aromatic heterocycles. The number of hydrogen-bond donors (Lipinski definition) is 0. The Morgan fingerprint density at radius 1 is 0.533 bits per heavy atom. The number of unbranched alkanes of at least 4 members (excludes halogenated alkanes) is 14. The SMILES string of the molecule is CCCCCCCCCCCCCCCCCC(C(C)C)(C(C)C)[n+]1ccccc1. The number of aromatic nitrogens is 1. The molecule has 30 heavy (non-hydrogen) atoms. The van der Waals surface area contributed by atoms with Crippen LogP contribution >= 0.6 is 0 Å². The van der Waals surface area contributed by atoms with Gasteiger partial charge in [0.05, 0.1) is 0 Å². The van der Waals surface area contributed by atoms with Crippen molar-refractivity contribution in [2.24, 2.45) is 11.8 Å². The zero-order valence-corrected chi connectivity index (χ0v) is 21.3. The van der Waals surface area contributed by atoms with Crippen LogP contribution in [0.2, 0.25) is 0 Å². The maximum absolute atomic E-state index is 2.51. The first-order valence-corrected chi connectivity index (χ1v) is 13.5. The van der Waals surface area contributed by atoms with Crippen LogP contribution in [-0.2, 0) is 5.54 Å². The van der Waals surface area contributed by atoms with Crippen molar-refractivity contribution >= 4 is 0 Å². The van der Waals surface area contributed by atoms with E-state index in [-0.39, 0.29) is 5.54 Å². The Hall–Kier alpha value is -0.850. The Labute approximate surface area is 190 Å². The Bertz CT molecular complexity index is 482. The smallest absolute Gasteiger partial charge is 0.172 e. The van der Waals surface area contributed by atoms with Crippen LogP contribution in [0.15, 0.2) is 30.6 Å². The summed E-state index contributed by atoms with van der Waals surface area (Å²) in [5.74, 6) is 1.30. The van der Waals surface area contributed by atoms with Gasteiger partial charge in [-0.05, 0) is 6.42 Å². The van der Waals surface area contributed by atoms with E-state index in [9.17, 15) is 0 Å². The molecule has 1 rings (SSSR count). The Kier molecular flexibility index (Phi) is 15.2. The lowest BCUT2D eigenvalue weighted by molar-refractivity contribution is -0.781. The summed E-state index contributed by atoms with van der Waals surface area (Å²) >= 11 is 0. The maximum atomic E-state index is 2.51. The Morgan fingerprint density at radius 2 is 0.900 bits per heavy atom. The van der Waals surface area contributed by atoms with Crippen molar-refractivity contribution in [3.8, 4) is 0 Å². The van der Waals surface area contributed by atoms with Crippen LogP contribution in [0.3, 0.4) is 0 Å². The van der Waals surface area contributed by atoms with E-state index >= 15 is 0 Å². The molecule has 0 aliphatic carbocycles. The van der Waals surface area contributed by atoms with Crippen molar-refractivity contribution in [1.29, 1.82) is 0 Å². The highest BCUT2D eigenvalue weighted by atomic mass is 15.0. The van der Waals surface area contributed by atoms with Crippen molar-refractivity contribution < 1.29 is 4.57 Å². The van der Waals surface area contributed by atoms with E-state index in [1.165, 1.54) is 103 Å². The molecule has 0 fully saturated rings. The molecule has 0 bridgehead atoms. The highest BCUT2D eigenvalue weighted by Crippen LogP contribution is 2.34. The first kappa shape index (κ1) is 27.2. The largest absolute Gasteiger partial charge is 0.199 e. The molecule has 0 spiro atoms. The molecule has 1 heteroatoms. The number of rotatable bonds is 19. The summed E-state index contributed by atoms with van der Waals surface area (Å²) in [4.78, 5) is 0. The van der Waals surface area contributed by atoms with Gasteiger partial charge in [0.25, 0.3) is 0 Å². The van der Waals surface area contributed by atoms with E-state index in [1.807, 2.05) is 0 Å². The standard InChI is InChI=1S/C29H54N/c1-6-7-8-9-10-11-12-13-14-15-16-17-18-19-21-24-29(27(2)3,28(4)5)30-25-22-20-23-26-30/h20,22-23,25-28H,6-19,21,24H2,1-5H3/q+1. The minimum atomic E-state index is 0.248. The fraction of sp³-hybridized carbons (Fsp3) is 0.828. The van der Waals surface area contributed by atoms with Gasteiger partial charge in [0.2, 0.25) is 0 Å². The molecule has 0 radical (unpaired) electrons. The highest BCUT2D eigenvalue weighted by molar-refractivity contribution is 4.88. The normalized spacial score (nSPS) is 12.2. The number of hydrogen-bond acceptors (Lipinski definition) is 0. The fourth-order valence-corrected chi connectivity index (χ4v) is 5.43. The summed E-state index contributed by atoms with van der Waals surface area (Å²) in [6.45, 7) is 11.9. The summed E-state index contributed by atoms with van der Waals surface area (Å²) in [7, 11) is 0. The van der Waals surface area contributed by atoms with Gasteiger partial charge >= 0.3 is 0 Å². The van der Waals surface area contributed by atoms with E-state index in [1.54, 1.807) is 0 Å². The average molecular weight is 417 g/mol. The van der Waals surface area contributed by atoms with Gasteiger partial charge in [-0.3, -0.25) is 0 Å². The predicted molar refractivity (Wildman–Crippen MR) is 134 cm³/mol. The van der Waals surface area contributed by atoms with Crippen LogP contribution in [0.25, 0.3) is 0 Å². The molecule has 0 aliphatic heterocycles. The predicted octanol–water partition coefficient (Wildman–Crippen LogP) is 9.24. The zero-order valence-electron chi connectivity index (χ0n) is 21.3. The lowest BCUT2D eigenvalue weighted by atomic mass is 9.73. The minimum absolute atomic E-state index is 0.248. The quantitative estimate of drug-likeness (QED) is 0.156. The molecule has 0 saturated heterocycles. The number of pyridine rings is 1. The molecule has 174 valence electrons. The molecule has 0 unspecified atom stereocenters. The van der Waals surface area contributed by atoms with Crippen molar-refractivity contribution in [3.05, 3.63) is 30.6 Å². The van der Waals surface area contributed by atoms with E-state index in [0.29, 0.717) is 11.8 Å². The van der Waals surface area contributed by atoms with Gasteiger partial charge in [-0.1, -0.05) is 131 Å². The third-order valence-electron chi connectivity index (χ3n) is 7.38.